The Morgan fingerprint density at radius 1 is 1.10 bits per heavy atom. The maximum Gasteiger partial charge on any atom is 0.274 e. The number of anilines is 2. The van der Waals surface area contributed by atoms with Gasteiger partial charge in [0.05, 0.1) is 25.4 Å². The second-order valence-corrected chi connectivity index (χ2v) is 15.6. The third kappa shape index (κ3) is 10.8. The molecule has 270 valence electrons. The van der Waals surface area contributed by atoms with Crippen LogP contribution in [0, 0.1) is 0 Å². The molecule has 3 amide bonds. The number of hydrogen-bond acceptors (Lipinski definition) is 9. The van der Waals surface area contributed by atoms with Gasteiger partial charge < -0.3 is 35.7 Å². The number of nitrogen functional groups attached to an aromatic ring is 1. The zero-order chi connectivity index (χ0) is 37.0. The van der Waals surface area contributed by atoms with Gasteiger partial charge in [-0.05, 0) is 74.3 Å². The van der Waals surface area contributed by atoms with Gasteiger partial charge in [-0.1, -0.05) is 58.0 Å². The Bertz CT molecular complexity index is 1830. The summed E-state index contributed by atoms with van der Waals surface area (Å²) in [4.78, 5) is 41.1. The molecule has 0 aliphatic heterocycles. The average molecular weight is 731 g/mol. The summed E-state index contributed by atoms with van der Waals surface area (Å²) in [5.74, 6) is 0.516. The summed E-state index contributed by atoms with van der Waals surface area (Å²) in [6.07, 6.45) is 9.69. The molecule has 0 saturated heterocycles. The SMILES string of the molecule is C=CC(Cc1ccccc1-c1cc(OC)c(OCCCc2ccc(C(=O)Nc3cc(C(=O)NCC(C)(C)SSC)n(C)c3)nc2)cc1N)NC=O. The fraction of sp³-hybridized carbons (Fsp3) is 0.316. The number of aromatic nitrogens is 2. The predicted molar refractivity (Wildman–Crippen MR) is 209 cm³/mol. The molecular formula is C38H46N6O5S2. The van der Waals surface area contributed by atoms with Crippen molar-refractivity contribution >= 4 is 51.2 Å². The Hall–Kier alpha value is -4.88. The van der Waals surface area contributed by atoms with Crippen molar-refractivity contribution in [1.82, 2.24) is 20.2 Å². The van der Waals surface area contributed by atoms with Gasteiger partial charge in [0, 0.05) is 48.1 Å². The Morgan fingerprint density at radius 2 is 1.88 bits per heavy atom. The second-order valence-electron chi connectivity index (χ2n) is 12.5. The molecule has 0 aliphatic carbocycles. The molecule has 13 heteroatoms. The van der Waals surface area contributed by atoms with E-state index in [1.807, 2.05) is 42.7 Å². The van der Waals surface area contributed by atoms with Crippen molar-refractivity contribution < 1.29 is 23.9 Å². The number of nitrogens with one attached hydrogen (secondary N) is 3. The van der Waals surface area contributed by atoms with Gasteiger partial charge in [0.1, 0.15) is 11.4 Å². The standard InChI is InChI=1S/C38H46N6O5S2/c1-7-27(42-24-45)17-26-12-8-9-13-29(26)30-19-34(48-5)35(20-31(30)39)49-16-10-11-25-14-15-32(40-21-25)36(46)43-28-18-33(44(4)22-28)37(47)41-23-38(2,3)51-50-6/h7-9,12-15,18-22,24,27H,1,10-11,16-17,23,39H2,2-6H3,(H,41,47)(H,42,45)(H,43,46). The minimum Gasteiger partial charge on any atom is -0.493 e. The van der Waals surface area contributed by atoms with Crippen molar-refractivity contribution in [2.24, 2.45) is 7.05 Å². The third-order valence-corrected chi connectivity index (χ3v) is 10.7. The Kier molecular flexibility index (Phi) is 14.0. The molecule has 4 aromatic rings. The second kappa shape index (κ2) is 18.4. The van der Waals surface area contributed by atoms with Gasteiger partial charge in [0.25, 0.3) is 11.8 Å². The van der Waals surface area contributed by atoms with E-state index in [0.717, 1.165) is 22.3 Å². The van der Waals surface area contributed by atoms with Crippen molar-refractivity contribution in [1.29, 1.82) is 0 Å². The number of amides is 3. The monoisotopic (exact) mass is 730 g/mol. The number of nitrogens with zero attached hydrogens (tertiary/aromatic N) is 2. The van der Waals surface area contributed by atoms with Crippen molar-refractivity contribution in [2.75, 3.05) is 37.6 Å². The number of rotatable bonds is 19. The minimum absolute atomic E-state index is 0.112. The minimum atomic E-state index is -0.367. The fourth-order valence-corrected chi connectivity index (χ4v) is 7.55. The molecule has 11 nitrogen and oxygen atoms in total. The number of ether oxygens (including phenoxy) is 2. The number of nitrogens with two attached hydrogens (primary N) is 1. The molecule has 0 fully saturated rings. The summed E-state index contributed by atoms with van der Waals surface area (Å²) < 4.78 is 13.3. The molecule has 0 bridgehead atoms. The van der Waals surface area contributed by atoms with Gasteiger partial charge in [-0.2, -0.15) is 0 Å². The Labute approximate surface area is 307 Å². The first-order valence-corrected chi connectivity index (χ1v) is 19.0. The van der Waals surface area contributed by atoms with E-state index < -0.39 is 0 Å². The topological polar surface area (TPSA) is 150 Å². The summed E-state index contributed by atoms with van der Waals surface area (Å²) in [6.45, 7) is 8.89. The molecule has 1 atom stereocenters. The van der Waals surface area contributed by atoms with Gasteiger partial charge in [-0.25, -0.2) is 0 Å². The van der Waals surface area contributed by atoms with E-state index in [4.69, 9.17) is 15.2 Å². The first-order chi connectivity index (χ1) is 24.5. The number of aryl methyl sites for hydroxylation is 2. The van der Waals surface area contributed by atoms with Crippen LogP contribution in [0.15, 0.2) is 79.6 Å². The summed E-state index contributed by atoms with van der Waals surface area (Å²) in [7, 11) is 6.71. The lowest BCUT2D eigenvalue weighted by Gasteiger charge is -2.22. The summed E-state index contributed by atoms with van der Waals surface area (Å²) >= 11 is 0. The third-order valence-electron chi connectivity index (χ3n) is 8.05. The van der Waals surface area contributed by atoms with E-state index >= 15 is 0 Å². The quantitative estimate of drug-likeness (QED) is 0.0287. The smallest absolute Gasteiger partial charge is 0.274 e. The largest absolute Gasteiger partial charge is 0.493 e. The number of carbonyl (C=O) groups excluding carboxylic acids is 3. The maximum absolute atomic E-state index is 12.9. The highest BCUT2D eigenvalue weighted by Crippen LogP contribution is 2.39. The number of hydrogen-bond donors (Lipinski definition) is 4. The van der Waals surface area contributed by atoms with E-state index in [2.05, 4.69) is 41.4 Å². The number of carbonyl (C=O) groups is 3. The van der Waals surface area contributed by atoms with Gasteiger partial charge >= 0.3 is 0 Å². The zero-order valence-corrected chi connectivity index (χ0v) is 31.3. The van der Waals surface area contributed by atoms with Crippen LogP contribution in [0.1, 0.15) is 52.4 Å². The Balaban J connectivity index is 1.31. The van der Waals surface area contributed by atoms with Crippen LogP contribution in [-0.2, 0) is 24.7 Å². The van der Waals surface area contributed by atoms with Gasteiger partial charge in [0.2, 0.25) is 6.41 Å². The normalized spacial score (nSPS) is 11.7. The van der Waals surface area contributed by atoms with Gasteiger partial charge in [0.15, 0.2) is 11.5 Å². The van der Waals surface area contributed by atoms with Crippen molar-refractivity contribution in [3.63, 3.8) is 0 Å². The molecule has 0 aliphatic rings. The number of pyridine rings is 1. The van der Waals surface area contributed by atoms with Crippen LogP contribution in [0.2, 0.25) is 0 Å². The first-order valence-electron chi connectivity index (χ1n) is 16.4. The summed E-state index contributed by atoms with van der Waals surface area (Å²) in [5.41, 5.74) is 12.0. The molecular weight excluding hydrogens is 685 g/mol. The van der Waals surface area contributed by atoms with E-state index in [1.165, 1.54) is 0 Å². The van der Waals surface area contributed by atoms with Crippen molar-refractivity contribution in [2.45, 2.75) is 43.9 Å². The van der Waals surface area contributed by atoms with Crippen molar-refractivity contribution in [3.8, 4) is 22.6 Å². The number of benzene rings is 2. The van der Waals surface area contributed by atoms with Crippen molar-refractivity contribution in [3.05, 3.63) is 102 Å². The molecule has 4 rings (SSSR count). The summed E-state index contributed by atoms with van der Waals surface area (Å²) in [6, 6.07) is 16.5. The van der Waals surface area contributed by atoms with E-state index in [9.17, 15) is 14.4 Å². The first kappa shape index (κ1) is 38.9. The molecule has 2 aromatic heterocycles. The van der Waals surface area contributed by atoms with Crippen LogP contribution < -0.4 is 31.2 Å². The van der Waals surface area contributed by atoms with Crippen LogP contribution in [0.5, 0.6) is 11.5 Å². The molecule has 1 unspecified atom stereocenters. The highest BCUT2D eigenvalue weighted by Gasteiger charge is 2.22. The predicted octanol–water partition coefficient (Wildman–Crippen LogP) is 6.30. The van der Waals surface area contributed by atoms with Crippen LogP contribution in [0.3, 0.4) is 0 Å². The molecule has 2 heterocycles. The highest BCUT2D eigenvalue weighted by atomic mass is 33.1. The zero-order valence-electron chi connectivity index (χ0n) is 29.7. The van der Waals surface area contributed by atoms with Crippen LogP contribution in [0.4, 0.5) is 11.4 Å². The molecule has 0 spiro atoms. The summed E-state index contributed by atoms with van der Waals surface area (Å²) in [5, 5.41) is 8.58. The lowest BCUT2D eigenvalue weighted by molar-refractivity contribution is -0.109. The van der Waals surface area contributed by atoms with Gasteiger partial charge in [-0.15, -0.1) is 6.58 Å². The maximum atomic E-state index is 12.9. The lowest BCUT2D eigenvalue weighted by Crippen LogP contribution is -2.36. The van der Waals surface area contributed by atoms with E-state index in [0.29, 0.717) is 67.4 Å². The number of methoxy groups -OCH3 is 1. The van der Waals surface area contributed by atoms with Gasteiger partial charge in [-0.3, -0.25) is 19.4 Å². The van der Waals surface area contributed by atoms with Crippen LogP contribution in [-0.4, -0.2) is 65.1 Å². The van der Waals surface area contributed by atoms with E-state index in [-0.39, 0.29) is 28.3 Å². The van der Waals surface area contributed by atoms with Crippen LogP contribution in [0.25, 0.3) is 11.1 Å². The molecule has 51 heavy (non-hydrogen) atoms. The molecule has 0 radical (unpaired) electrons. The van der Waals surface area contributed by atoms with E-state index in [1.54, 1.807) is 77.0 Å². The molecule has 2 aromatic carbocycles. The van der Waals surface area contributed by atoms with Crippen LogP contribution >= 0.6 is 21.6 Å². The fourth-order valence-electron chi connectivity index (χ4n) is 5.43. The Morgan fingerprint density at radius 3 is 2.57 bits per heavy atom. The average Bonchev–Trinajstić information content (AvgIpc) is 3.48. The lowest BCUT2D eigenvalue weighted by atomic mass is 9.94. The molecule has 5 N–H and O–H groups in total. The molecule has 0 saturated carbocycles. The highest BCUT2D eigenvalue weighted by molar-refractivity contribution is 8.77.